The third-order valence-corrected chi connectivity index (χ3v) is 3.02. The van der Waals surface area contributed by atoms with Crippen LogP contribution < -0.4 is 0 Å². The predicted molar refractivity (Wildman–Crippen MR) is 62.4 cm³/mol. The Morgan fingerprint density at radius 3 is 2.71 bits per heavy atom. The molecule has 0 amide bonds. The molecule has 0 saturated heterocycles. The van der Waals surface area contributed by atoms with Crippen molar-refractivity contribution in [3.63, 3.8) is 0 Å². The molecule has 5 heteroatoms. The van der Waals surface area contributed by atoms with E-state index in [1.165, 1.54) is 12.1 Å². The summed E-state index contributed by atoms with van der Waals surface area (Å²) in [6.45, 7) is 0. The van der Waals surface area contributed by atoms with Crippen molar-refractivity contribution in [3.8, 4) is 5.75 Å². The van der Waals surface area contributed by atoms with Crippen molar-refractivity contribution in [2.24, 2.45) is 0 Å². The molecule has 0 aliphatic heterocycles. The number of rotatable bonds is 0. The van der Waals surface area contributed by atoms with Crippen LogP contribution in [0, 0.1) is 11.6 Å². The van der Waals surface area contributed by atoms with Crippen LogP contribution in [0.5, 0.6) is 5.75 Å². The molecule has 0 unspecified atom stereocenters. The van der Waals surface area contributed by atoms with Crippen molar-refractivity contribution in [2.45, 2.75) is 0 Å². The summed E-state index contributed by atoms with van der Waals surface area (Å²) in [6.07, 6.45) is 0. The van der Waals surface area contributed by atoms with Crippen LogP contribution in [0.3, 0.4) is 0 Å². The Bertz CT molecular complexity index is 751. The van der Waals surface area contributed by atoms with Crippen molar-refractivity contribution < 1.29 is 13.9 Å². The lowest BCUT2D eigenvalue weighted by Gasteiger charge is -1.97. The summed E-state index contributed by atoms with van der Waals surface area (Å²) in [5.74, 6) is -1.51. The van der Waals surface area contributed by atoms with Gasteiger partial charge >= 0.3 is 0 Å². The lowest BCUT2D eigenvalue weighted by Crippen LogP contribution is -1.80. The van der Waals surface area contributed by atoms with Crippen LogP contribution >= 0.6 is 11.6 Å². The van der Waals surface area contributed by atoms with Gasteiger partial charge in [-0.3, -0.25) is 0 Å². The molecule has 0 bridgehead atoms. The summed E-state index contributed by atoms with van der Waals surface area (Å²) < 4.78 is 26.7. The predicted octanol–water partition coefficient (Wildman–Crippen LogP) is 3.96. The molecule has 0 aliphatic rings. The summed E-state index contributed by atoms with van der Waals surface area (Å²) in [5.41, 5.74) is 0.590. The average Bonchev–Trinajstić information content (AvgIpc) is 2.62. The van der Waals surface area contributed by atoms with Crippen molar-refractivity contribution in [1.82, 2.24) is 4.98 Å². The van der Waals surface area contributed by atoms with E-state index in [0.29, 0.717) is 10.9 Å². The van der Waals surface area contributed by atoms with Crippen molar-refractivity contribution >= 4 is 33.4 Å². The van der Waals surface area contributed by atoms with Crippen molar-refractivity contribution in [3.05, 3.63) is 40.9 Å². The number of phenols is 1. The van der Waals surface area contributed by atoms with E-state index in [-0.39, 0.29) is 21.7 Å². The molecule has 2 nitrogen and oxygen atoms in total. The first kappa shape index (κ1) is 10.4. The number of phenolic OH excluding ortho intramolecular Hbond substituents is 1. The van der Waals surface area contributed by atoms with Crippen LogP contribution in [0.25, 0.3) is 21.8 Å². The topological polar surface area (TPSA) is 36.0 Å². The van der Waals surface area contributed by atoms with E-state index >= 15 is 0 Å². The van der Waals surface area contributed by atoms with Crippen LogP contribution in [0.15, 0.2) is 24.3 Å². The van der Waals surface area contributed by atoms with E-state index in [0.717, 1.165) is 6.07 Å². The number of aromatic amines is 1. The molecular formula is C12H6ClF2NO. The number of benzene rings is 2. The Kier molecular flexibility index (Phi) is 2.03. The molecule has 0 aliphatic carbocycles. The number of hydrogen-bond donors (Lipinski definition) is 2. The SMILES string of the molecule is Oc1c(Cl)ccc2c1[nH]c1cc(F)cc(F)c12. The first-order valence-electron chi connectivity index (χ1n) is 4.86. The van der Waals surface area contributed by atoms with Crippen LogP contribution in [0.2, 0.25) is 5.02 Å². The number of aromatic nitrogens is 1. The maximum Gasteiger partial charge on any atom is 0.158 e. The molecule has 3 rings (SSSR count). The Labute approximate surface area is 99.4 Å². The number of H-pyrrole nitrogens is 1. The lowest BCUT2D eigenvalue weighted by molar-refractivity contribution is 0.481. The van der Waals surface area contributed by atoms with Gasteiger partial charge in [-0.05, 0) is 12.1 Å². The minimum Gasteiger partial charge on any atom is -0.504 e. The highest BCUT2D eigenvalue weighted by Crippen LogP contribution is 2.37. The van der Waals surface area contributed by atoms with Gasteiger partial charge < -0.3 is 10.1 Å². The molecule has 2 N–H and O–H groups in total. The summed E-state index contributed by atoms with van der Waals surface area (Å²) in [4.78, 5) is 2.75. The smallest absolute Gasteiger partial charge is 0.158 e. The molecule has 0 radical (unpaired) electrons. The van der Waals surface area contributed by atoms with Gasteiger partial charge in [0.2, 0.25) is 0 Å². The van der Waals surface area contributed by atoms with E-state index in [4.69, 9.17) is 11.6 Å². The highest BCUT2D eigenvalue weighted by Gasteiger charge is 2.14. The second-order valence-electron chi connectivity index (χ2n) is 3.75. The van der Waals surface area contributed by atoms with Gasteiger partial charge in [0.25, 0.3) is 0 Å². The fraction of sp³-hybridized carbons (Fsp3) is 0. The van der Waals surface area contributed by atoms with Crippen LogP contribution in [0.1, 0.15) is 0 Å². The number of hydrogen-bond acceptors (Lipinski definition) is 1. The molecule has 2 aromatic carbocycles. The van der Waals surface area contributed by atoms with E-state index in [2.05, 4.69) is 4.98 Å². The van der Waals surface area contributed by atoms with Gasteiger partial charge in [0.15, 0.2) is 5.75 Å². The second kappa shape index (κ2) is 3.34. The third-order valence-electron chi connectivity index (χ3n) is 2.71. The van der Waals surface area contributed by atoms with E-state index in [1.54, 1.807) is 6.07 Å². The Morgan fingerprint density at radius 1 is 1.18 bits per heavy atom. The largest absolute Gasteiger partial charge is 0.504 e. The normalized spacial score (nSPS) is 11.5. The minimum atomic E-state index is -0.674. The molecule has 0 fully saturated rings. The van der Waals surface area contributed by atoms with Crippen LogP contribution in [-0.4, -0.2) is 10.1 Å². The van der Waals surface area contributed by atoms with Gasteiger partial charge in [0, 0.05) is 16.8 Å². The molecule has 0 spiro atoms. The quantitative estimate of drug-likeness (QED) is 0.625. The molecule has 1 heterocycles. The molecule has 86 valence electrons. The number of nitrogens with one attached hydrogen (secondary N) is 1. The van der Waals surface area contributed by atoms with E-state index in [1.807, 2.05) is 0 Å². The Balaban J connectivity index is 2.59. The fourth-order valence-electron chi connectivity index (χ4n) is 1.98. The van der Waals surface area contributed by atoms with Gasteiger partial charge in [-0.1, -0.05) is 17.7 Å². The standard InChI is InChI=1S/C12H6ClF2NO/c13-7-2-1-6-10-8(15)3-5(14)4-9(10)16-11(6)12(7)17/h1-4,16-17H. The van der Waals surface area contributed by atoms with Gasteiger partial charge in [-0.15, -0.1) is 0 Å². The van der Waals surface area contributed by atoms with E-state index < -0.39 is 11.6 Å². The molecular weight excluding hydrogens is 248 g/mol. The molecule has 0 atom stereocenters. The van der Waals surface area contributed by atoms with Crippen LogP contribution in [-0.2, 0) is 0 Å². The summed E-state index contributed by atoms with van der Waals surface area (Å²) in [6, 6.07) is 5.03. The summed E-state index contributed by atoms with van der Waals surface area (Å²) in [7, 11) is 0. The number of aromatic hydroxyl groups is 1. The zero-order valence-corrected chi connectivity index (χ0v) is 9.15. The van der Waals surface area contributed by atoms with Crippen LogP contribution in [0.4, 0.5) is 8.78 Å². The highest BCUT2D eigenvalue weighted by atomic mass is 35.5. The lowest BCUT2D eigenvalue weighted by atomic mass is 10.1. The monoisotopic (exact) mass is 253 g/mol. The fourth-order valence-corrected chi connectivity index (χ4v) is 2.14. The number of halogens is 3. The summed E-state index contributed by atoms with van der Waals surface area (Å²) in [5, 5.41) is 10.6. The highest BCUT2D eigenvalue weighted by molar-refractivity contribution is 6.33. The summed E-state index contributed by atoms with van der Waals surface area (Å²) >= 11 is 5.75. The van der Waals surface area contributed by atoms with Gasteiger partial charge in [-0.2, -0.15) is 0 Å². The zero-order chi connectivity index (χ0) is 12.2. The molecule has 0 saturated carbocycles. The average molecular weight is 254 g/mol. The zero-order valence-electron chi connectivity index (χ0n) is 8.39. The Morgan fingerprint density at radius 2 is 1.94 bits per heavy atom. The maximum atomic E-state index is 13.7. The minimum absolute atomic E-state index is 0.157. The second-order valence-corrected chi connectivity index (χ2v) is 4.16. The van der Waals surface area contributed by atoms with Gasteiger partial charge in [0.1, 0.15) is 11.6 Å². The van der Waals surface area contributed by atoms with E-state index in [9.17, 15) is 13.9 Å². The van der Waals surface area contributed by atoms with Crippen molar-refractivity contribution in [2.75, 3.05) is 0 Å². The van der Waals surface area contributed by atoms with Gasteiger partial charge in [0.05, 0.1) is 16.1 Å². The first-order valence-corrected chi connectivity index (χ1v) is 5.23. The van der Waals surface area contributed by atoms with Crippen molar-refractivity contribution in [1.29, 1.82) is 0 Å². The molecule has 1 aromatic heterocycles. The Hall–Kier alpha value is -1.81. The molecule has 3 aromatic rings. The van der Waals surface area contributed by atoms with Gasteiger partial charge in [-0.25, -0.2) is 8.78 Å². The maximum absolute atomic E-state index is 13.7. The third kappa shape index (κ3) is 1.37. The molecule has 17 heavy (non-hydrogen) atoms. The first-order chi connectivity index (χ1) is 8.08. The number of fused-ring (bicyclic) bond motifs is 3.